The number of alkyl halides is 7. The highest BCUT2D eigenvalue weighted by molar-refractivity contribution is 5.84. The Labute approximate surface area is 147 Å². The zero-order chi connectivity index (χ0) is 20.0. The molecule has 5 nitrogen and oxygen atoms in total. The predicted molar refractivity (Wildman–Crippen MR) is 80.2 cm³/mol. The summed E-state index contributed by atoms with van der Waals surface area (Å²) in [6.45, 7) is -6.39. The molecule has 0 fully saturated rings. The van der Waals surface area contributed by atoms with Crippen LogP contribution in [0.2, 0.25) is 0 Å². The van der Waals surface area contributed by atoms with E-state index < -0.39 is 36.5 Å². The first-order valence-electron chi connectivity index (χ1n) is 7.01. The summed E-state index contributed by atoms with van der Waals surface area (Å²) in [5, 5.41) is 3.63. The van der Waals surface area contributed by atoms with E-state index in [0.29, 0.717) is 6.20 Å². The minimum atomic E-state index is -4.54. The number of anilines is 1. The first-order valence-corrected chi connectivity index (χ1v) is 7.01. The molecule has 2 rings (SSSR count). The largest absolute Gasteiger partial charge is 0.435 e. The molecule has 0 atom stereocenters. The summed E-state index contributed by atoms with van der Waals surface area (Å²) < 4.78 is 94.8. The van der Waals surface area contributed by atoms with Gasteiger partial charge in [0.25, 0.3) is 0 Å². The number of ether oxygens (including phenoxy) is 2. The number of aromatic nitrogens is 1. The fourth-order valence-electron chi connectivity index (χ4n) is 1.79. The predicted octanol–water partition coefficient (Wildman–Crippen LogP) is 4.75. The first kappa shape index (κ1) is 20.3. The zero-order valence-electron chi connectivity index (χ0n) is 13.1. The monoisotopic (exact) mass is 397 g/mol. The number of hydrogen-bond donors (Lipinski definition) is 1. The molecule has 1 aromatic carbocycles. The van der Waals surface area contributed by atoms with Gasteiger partial charge in [-0.15, -0.1) is 0 Å². The number of hydrogen-bond acceptors (Lipinski definition) is 5. The summed E-state index contributed by atoms with van der Waals surface area (Å²) in [6.07, 6.45) is -2.97. The molecule has 0 bridgehead atoms. The fraction of sp³-hybridized carbons (Fsp3) is 0.200. The van der Waals surface area contributed by atoms with Crippen molar-refractivity contribution in [2.75, 3.05) is 5.43 Å². The summed E-state index contributed by atoms with van der Waals surface area (Å²) in [7, 11) is 0. The van der Waals surface area contributed by atoms with Crippen LogP contribution in [0.15, 0.2) is 41.6 Å². The molecule has 2 aromatic rings. The Hall–Kier alpha value is -3.05. The molecule has 0 aliphatic carbocycles. The van der Waals surface area contributed by atoms with E-state index in [1.165, 1.54) is 0 Å². The zero-order valence-corrected chi connectivity index (χ0v) is 13.1. The van der Waals surface area contributed by atoms with Crippen molar-refractivity contribution < 1.29 is 40.2 Å². The molecule has 1 N–H and O–H groups in total. The number of nitrogens with one attached hydrogen (secondary N) is 1. The standard InChI is InChI=1S/C15H10F7N3O2/c16-13(17)26-10-3-1-8(11(5-10)27-14(18)19)6-24-25-12-4-2-9(7-23-12)15(20,21)22/h1-7,13-14H,(H,23,25)/b24-6-. The molecule has 0 radical (unpaired) electrons. The Morgan fingerprint density at radius 2 is 1.70 bits per heavy atom. The van der Waals surface area contributed by atoms with Crippen molar-refractivity contribution in [3.05, 3.63) is 47.7 Å². The van der Waals surface area contributed by atoms with Crippen molar-refractivity contribution in [2.24, 2.45) is 5.10 Å². The van der Waals surface area contributed by atoms with Crippen LogP contribution in [0.3, 0.4) is 0 Å². The van der Waals surface area contributed by atoms with Crippen molar-refractivity contribution in [2.45, 2.75) is 19.4 Å². The van der Waals surface area contributed by atoms with Gasteiger partial charge in [-0.1, -0.05) is 0 Å². The van der Waals surface area contributed by atoms with E-state index in [0.717, 1.165) is 36.5 Å². The van der Waals surface area contributed by atoms with Gasteiger partial charge in [0, 0.05) is 17.8 Å². The third-order valence-corrected chi connectivity index (χ3v) is 2.90. The lowest BCUT2D eigenvalue weighted by Crippen LogP contribution is -2.07. The van der Waals surface area contributed by atoms with E-state index in [1.807, 2.05) is 0 Å². The molecule has 1 heterocycles. The summed E-state index contributed by atoms with van der Waals surface area (Å²) >= 11 is 0. The molecular formula is C15H10F7N3O2. The Morgan fingerprint density at radius 1 is 1.00 bits per heavy atom. The van der Waals surface area contributed by atoms with Crippen LogP contribution in [0.25, 0.3) is 0 Å². The molecule has 0 amide bonds. The van der Waals surface area contributed by atoms with Gasteiger partial charge in [0.15, 0.2) is 0 Å². The number of nitrogens with zero attached hydrogens (tertiary/aromatic N) is 2. The molecule has 0 aliphatic heterocycles. The van der Waals surface area contributed by atoms with Crippen molar-refractivity contribution in [1.82, 2.24) is 4.98 Å². The van der Waals surface area contributed by atoms with Gasteiger partial charge in [-0.3, -0.25) is 5.43 Å². The number of halogens is 7. The second-order valence-corrected chi connectivity index (χ2v) is 4.76. The van der Waals surface area contributed by atoms with Gasteiger partial charge in [0.2, 0.25) is 0 Å². The van der Waals surface area contributed by atoms with Crippen molar-refractivity contribution in [1.29, 1.82) is 0 Å². The summed E-state index contributed by atoms with van der Waals surface area (Å²) in [5.74, 6) is -0.947. The Morgan fingerprint density at radius 3 is 2.26 bits per heavy atom. The molecule has 1 aromatic heterocycles. The lowest BCUT2D eigenvalue weighted by molar-refractivity contribution is -0.137. The molecule has 27 heavy (non-hydrogen) atoms. The number of rotatable bonds is 7. The van der Waals surface area contributed by atoms with Gasteiger partial charge in [0.05, 0.1) is 11.8 Å². The minimum Gasteiger partial charge on any atom is -0.435 e. The molecule has 0 unspecified atom stereocenters. The van der Waals surface area contributed by atoms with E-state index in [-0.39, 0.29) is 11.4 Å². The molecule has 0 saturated carbocycles. The van der Waals surface area contributed by atoms with E-state index >= 15 is 0 Å². The highest BCUT2D eigenvalue weighted by Crippen LogP contribution is 2.29. The van der Waals surface area contributed by atoms with Gasteiger partial charge in [-0.25, -0.2) is 4.98 Å². The van der Waals surface area contributed by atoms with E-state index in [9.17, 15) is 30.7 Å². The second-order valence-electron chi connectivity index (χ2n) is 4.76. The maximum atomic E-state index is 12.4. The van der Waals surface area contributed by atoms with Gasteiger partial charge in [-0.05, 0) is 24.3 Å². The normalized spacial score (nSPS) is 12.0. The SMILES string of the molecule is FC(F)Oc1ccc(/C=N\Nc2ccc(C(F)(F)F)cn2)c(OC(F)F)c1. The second kappa shape index (κ2) is 8.56. The van der Waals surface area contributed by atoms with E-state index in [4.69, 9.17) is 0 Å². The maximum Gasteiger partial charge on any atom is 0.417 e. The topological polar surface area (TPSA) is 55.7 Å². The van der Waals surface area contributed by atoms with Crippen LogP contribution in [0, 0.1) is 0 Å². The van der Waals surface area contributed by atoms with Crippen LogP contribution >= 0.6 is 0 Å². The Balaban J connectivity index is 2.12. The van der Waals surface area contributed by atoms with Crippen LogP contribution in [-0.4, -0.2) is 24.4 Å². The molecule has 12 heteroatoms. The quantitative estimate of drug-likeness (QED) is 0.416. The van der Waals surface area contributed by atoms with Crippen LogP contribution in [0.1, 0.15) is 11.1 Å². The van der Waals surface area contributed by atoms with Crippen LogP contribution in [0.5, 0.6) is 11.5 Å². The van der Waals surface area contributed by atoms with Crippen LogP contribution < -0.4 is 14.9 Å². The maximum absolute atomic E-state index is 12.4. The third-order valence-electron chi connectivity index (χ3n) is 2.90. The molecule has 0 aliphatic rings. The lowest BCUT2D eigenvalue weighted by atomic mass is 10.2. The molecule has 0 spiro atoms. The van der Waals surface area contributed by atoms with E-state index in [2.05, 4.69) is 25.0 Å². The van der Waals surface area contributed by atoms with Crippen molar-refractivity contribution in [3.63, 3.8) is 0 Å². The van der Waals surface area contributed by atoms with Crippen LogP contribution in [0.4, 0.5) is 36.6 Å². The number of benzene rings is 1. The highest BCUT2D eigenvalue weighted by Gasteiger charge is 2.30. The molecular weight excluding hydrogens is 387 g/mol. The summed E-state index contributed by atoms with van der Waals surface area (Å²) in [6, 6.07) is 4.79. The van der Waals surface area contributed by atoms with Crippen molar-refractivity contribution >= 4 is 12.0 Å². The van der Waals surface area contributed by atoms with Gasteiger partial charge in [0.1, 0.15) is 17.3 Å². The van der Waals surface area contributed by atoms with Gasteiger partial charge in [-0.2, -0.15) is 35.8 Å². The molecule has 0 saturated heterocycles. The number of hydrazone groups is 1. The Kier molecular flexibility index (Phi) is 6.42. The summed E-state index contributed by atoms with van der Waals surface area (Å²) in [4.78, 5) is 3.49. The summed E-state index contributed by atoms with van der Waals surface area (Å²) in [5.41, 5.74) is 1.31. The van der Waals surface area contributed by atoms with Crippen molar-refractivity contribution in [3.8, 4) is 11.5 Å². The average Bonchev–Trinajstić information content (AvgIpc) is 2.55. The van der Waals surface area contributed by atoms with Crippen LogP contribution in [-0.2, 0) is 6.18 Å². The minimum absolute atomic E-state index is 0.0312. The lowest BCUT2D eigenvalue weighted by Gasteiger charge is -2.11. The Bertz CT molecular complexity index is 780. The fourth-order valence-corrected chi connectivity index (χ4v) is 1.79. The highest BCUT2D eigenvalue weighted by atomic mass is 19.4. The number of pyridine rings is 1. The van der Waals surface area contributed by atoms with Gasteiger partial charge >= 0.3 is 19.4 Å². The third kappa shape index (κ3) is 6.31. The van der Waals surface area contributed by atoms with E-state index in [1.54, 1.807) is 0 Å². The molecule has 146 valence electrons. The first-order chi connectivity index (χ1) is 12.6. The van der Waals surface area contributed by atoms with Gasteiger partial charge < -0.3 is 9.47 Å². The average molecular weight is 397 g/mol. The smallest absolute Gasteiger partial charge is 0.417 e.